The van der Waals surface area contributed by atoms with E-state index in [1.807, 2.05) is 0 Å². The summed E-state index contributed by atoms with van der Waals surface area (Å²) >= 11 is 6.20. The first-order chi connectivity index (χ1) is 21.3. The van der Waals surface area contributed by atoms with E-state index < -0.39 is 82.9 Å². The van der Waals surface area contributed by atoms with Crippen molar-refractivity contribution in [3.8, 4) is 0 Å². The van der Waals surface area contributed by atoms with Gasteiger partial charge in [-0.15, -0.1) is 0 Å². The van der Waals surface area contributed by atoms with Gasteiger partial charge in [-0.2, -0.15) is 0 Å². The van der Waals surface area contributed by atoms with Crippen LogP contribution in [0.1, 0.15) is 18.0 Å². The number of imidazole rings is 2. The SMILES string of the molecule is [B]P1(=O)OC[C@H]2O[C@@H](n3cnc4c(=O)[nH]cnc43)C(O)[C@H]2OP([B])(=O)OC[C@H]2O[C@@H](n3cnc4cc(Cl)c(C)cc43)[C@@H](F)C2O1. The minimum absolute atomic E-state index is 0.0442. The molecule has 0 bridgehead atoms. The molecule has 3 fully saturated rings. The number of nitrogens with zero attached hydrogens (tertiary/aromatic N) is 5. The molecule has 234 valence electrons. The third kappa shape index (κ3) is 5.63. The zero-order chi connectivity index (χ0) is 31.8. The van der Waals surface area contributed by atoms with E-state index in [-0.39, 0.29) is 11.2 Å². The molecule has 6 heterocycles. The molecule has 2 N–H and O–H groups in total. The number of hydrogen-bond acceptors (Lipinski definition) is 13. The summed E-state index contributed by atoms with van der Waals surface area (Å²) < 4.78 is 78.8. The molecule has 10 atom stereocenters. The molecule has 0 saturated carbocycles. The summed E-state index contributed by atoms with van der Waals surface area (Å²) in [5.41, 5.74) is 1.12. The van der Waals surface area contributed by atoms with Gasteiger partial charge in [0.2, 0.25) is 15.1 Å². The smallest absolute Gasteiger partial charge is 0.278 e. The zero-order valence-corrected chi connectivity index (χ0v) is 25.6. The minimum atomic E-state index is -4.55. The van der Waals surface area contributed by atoms with Crippen LogP contribution in [0.3, 0.4) is 0 Å². The fourth-order valence-corrected chi connectivity index (χ4v) is 7.73. The molecule has 4 radical (unpaired) electrons. The van der Waals surface area contributed by atoms with Gasteiger partial charge in [-0.05, 0) is 24.6 Å². The summed E-state index contributed by atoms with van der Waals surface area (Å²) in [7, 11) is 2.68. The number of aliphatic hydroxyl groups is 1. The Balaban J connectivity index is 1.17. The van der Waals surface area contributed by atoms with Gasteiger partial charge in [0.1, 0.15) is 30.5 Å². The highest BCUT2D eigenvalue weighted by atomic mass is 35.5. The average molecular weight is 680 g/mol. The van der Waals surface area contributed by atoms with Crippen LogP contribution in [0.5, 0.6) is 0 Å². The Morgan fingerprint density at radius 3 is 2.38 bits per heavy atom. The number of benzene rings is 1. The third-order valence-electron chi connectivity index (χ3n) is 7.72. The molecule has 3 aliphatic rings. The average Bonchev–Trinajstić information content (AvgIpc) is 3.73. The van der Waals surface area contributed by atoms with Gasteiger partial charge in [0, 0.05) is 5.02 Å². The second-order valence-corrected chi connectivity index (χ2v) is 14.2. The first-order valence-electron chi connectivity index (χ1n) is 13.4. The molecule has 3 saturated heterocycles. The summed E-state index contributed by atoms with van der Waals surface area (Å²) in [5, 5.41) is 11.6. The van der Waals surface area contributed by atoms with E-state index in [9.17, 15) is 19.0 Å². The maximum absolute atomic E-state index is 16.0. The number of H-pyrrole nitrogens is 1. The number of aliphatic hydroxyl groups excluding tert-OH is 1. The van der Waals surface area contributed by atoms with Crippen molar-refractivity contribution in [2.45, 2.75) is 56.1 Å². The van der Waals surface area contributed by atoms with E-state index in [0.29, 0.717) is 21.6 Å². The number of rotatable bonds is 2. The summed E-state index contributed by atoms with van der Waals surface area (Å²) in [5.74, 6) is 0. The maximum atomic E-state index is 16.0. The van der Waals surface area contributed by atoms with Crippen LogP contribution in [-0.2, 0) is 36.7 Å². The van der Waals surface area contributed by atoms with Crippen LogP contribution in [-0.4, -0.2) is 99.2 Å². The van der Waals surface area contributed by atoms with Crippen LogP contribution in [0, 0.1) is 6.92 Å². The molecule has 22 heteroatoms. The normalized spacial score (nSPS) is 37.7. The van der Waals surface area contributed by atoms with Crippen molar-refractivity contribution in [2.75, 3.05) is 13.2 Å². The molecule has 16 nitrogen and oxygen atoms in total. The molecule has 4 aromatic rings. The lowest BCUT2D eigenvalue weighted by molar-refractivity contribution is -0.0558. The number of halogens is 2. The van der Waals surface area contributed by atoms with Crippen LogP contribution in [0.15, 0.2) is 35.9 Å². The van der Waals surface area contributed by atoms with E-state index in [1.54, 1.807) is 19.1 Å². The van der Waals surface area contributed by atoms with Crippen LogP contribution in [0.4, 0.5) is 4.39 Å². The highest BCUT2D eigenvalue weighted by molar-refractivity contribution is 7.79. The molecule has 3 aliphatic heterocycles. The van der Waals surface area contributed by atoms with Crippen molar-refractivity contribution in [2.24, 2.45) is 0 Å². The summed E-state index contributed by atoms with van der Waals surface area (Å²) in [6.07, 6.45) is -8.44. The van der Waals surface area contributed by atoms with E-state index >= 15 is 4.39 Å². The predicted molar refractivity (Wildman–Crippen MR) is 155 cm³/mol. The highest BCUT2D eigenvalue weighted by Crippen LogP contribution is 2.53. The topological polar surface area (TPSA) is 191 Å². The van der Waals surface area contributed by atoms with Crippen LogP contribution < -0.4 is 5.56 Å². The van der Waals surface area contributed by atoms with E-state index in [1.165, 1.54) is 21.8 Å². The second-order valence-electron chi connectivity index (χ2n) is 10.7. The van der Waals surface area contributed by atoms with E-state index in [0.717, 1.165) is 6.33 Å². The Hall–Kier alpha value is -2.43. The molecule has 1 aromatic carbocycles. The third-order valence-corrected chi connectivity index (χ3v) is 10.2. The quantitative estimate of drug-likeness (QED) is 0.231. The first kappa shape index (κ1) is 31.2. The van der Waals surface area contributed by atoms with Gasteiger partial charge >= 0.3 is 0 Å². The zero-order valence-electron chi connectivity index (χ0n) is 23.1. The van der Waals surface area contributed by atoms with Gasteiger partial charge in [-0.3, -0.25) is 18.5 Å². The molecule has 7 rings (SSSR count). The van der Waals surface area contributed by atoms with Crippen LogP contribution in [0.25, 0.3) is 22.2 Å². The van der Waals surface area contributed by atoms with Crippen molar-refractivity contribution in [1.29, 1.82) is 0 Å². The number of nitrogens with one attached hydrogen (secondary N) is 1. The van der Waals surface area contributed by atoms with Gasteiger partial charge in [-0.25, -0.2) is 19.3 Å². The van der Waals surface area contributed by atoms with Crippen molar-refractivity contribution >= 4 is 63.9 Å². The molecule has 3 aromatic heterocycles. The standard InChI is InChI=1S/C23H22B2ClFN6O10P2/c1-9-2-12-11(3-10(9)26)30-7-32(12)22-15(27)18-13(40-22)4-38-45(25,37)43-19-14(5-39-44(24,36)42-18)41-23(17(19)34)33-8-31-16-20(33)28-6-29-21(16)35/h2-3,6-8,13-15,17-19,22-23,34H,4-5H2,1H3,(H,28,29,35)/t13-,14-,15+,17?,18?,19+,22-,23-,44?,45?/m1/s1. The molecular weight excluding hydrogens is 658 g/mol. The van der Waals surface area contributed by atoms with Gasteiger partial charge in [0.05, 0.1) is 43.2 Å². The number of aromatic amines is 1. The monoisotopic (exact) mass is 680 g/mol. The number of hydrogen-bond donors (Lipinski definition) is 2. The van der Waals surface area contributed by atoms with E-state index in [4.69, 9.17) is 54.3 Å². The Morgan fingerprint density at radius 2 is 1.64 bits per heavy atom. The number of fused-ring (bicyclic) bond motifs is 4. The molecule has 4 unspecified atom stereocenters. The van der Waals surface area contributed by atoms with Gasteiger partial charge < -0.3 is 42.2 Å². The van der Waals surface area contributed by atoms with Crippen molar-refractivity contribution in [3.63, 3.8) is 0 Å². The van der Waals surface area contributed by atoms with Gasteiger partial charge in [0.15, 0.2) is 29.8 Å². The fourth-order valence-electron chi connectivity index (χ4n) is 5.55. The first-order valence-corrected chi connectivity index (χ1v) is 17.0. The minimum Gasteiger partial charge on any atom is -0.386 e. The Kier molecular flexibility index (Phi) is 7.88. The lowest BCUT2D eigenvalue weighted by Gasteiger charge is -2.30. The van der Waals surface area contributed by atoms with Gasteiger partial charge in [0.25, 0.3) is 20.5 Å². The van der Waals surface area contributed by atoms with Crippen molar-refractivity contribution < 1.29 is 46.2 Å². The maximum Gasteiger partial charge on any atom is 0.278 e. The second kappa shape index (κ2) is 11.4. The summed E-state index contributed by atoms with van der Waals surface area (Å²) in [4.78, 5) is 26.8. The molecule has 0 amide bonds. The predicted octanol–water partition coefficient (Wildman–Crippen LogP) is 2.00. The van der Waals surface area contributed by atoms with Crippen LogP contribution in [0.2, 0.25) is 5.02 Å². The number of ether oxygens (including phenoxy) is 2. The number of aryl methyl sites for hydroxylation is 1. The van der Waals surface area contributed by atoms with E-state index in [2.05, 4.69) is 19.9 Å². The lowest BCUT2D eigenvalue weighted by atomic mass is 10.1. The molecular formula is C23H22B2ClFN6O10P2. The Morgan fingerprint density at radius 1 is 1.00 bits per heavy atom. The van der Waals surface area contributed by atoms with Crippen molar-refractivity contribution in [1.82, 2.24) is 29.1 Å². The largest absolute Gasteiger partial charge is 0.386 e. The molecule has 45 heavy (non-hydrogen) atoms. The summed E-state index contributed by atoms with van der Waals surface area (Å²) in [6, 6.07) is 3.31. The number of alkyl halides is 1. The molecule has 0 aliphatic carbocycles. The number of aromatic nitrogens is 6. The van der Waals surface area contributed by atoms with Gasteiger partial charge in [-0.1, -0.05) is 11.6 Å². The Bertz CT molecular complexity index is 1950. The van der Waals surface area contributed by atoms with Crippen molar-refractivity contribution in [3.05, 3.63) is 52.1 Å². The molecule has 0 spiro atoms. The Labute approximate surface area is 260 Å². The lowest BCUT2D eigenvalue weighted by Crippen LogP contribution is -2.38. The highest BCUT2D eigenvalue weighted by Gasteiger charge is 2.53. The van der Waals surface area contributed by atoms with Crippen LogP contribution >= 0.6 is 26.5 Å². The summed E-state index contributed by atoms with van der Waals surface area (Å²) in [6.45, 7) is 0.446. The fraction of sp³-hybridized carbons (Fsp3) is 0.478.